The number of rotatable bonds is 5. The van der Waals surface area contributed by atoms with Crippen molar-refractivity contribution in [2.45, 2.75) is 32.7 Å². The molecule has 0 radical (unpaired) electrons. The van der Waals surface area contributed by atoms with Crippen molar-refractivity contribution in [3.8, 4) is 12.3 Å². The van der Waals surface area contributed by atoms with Gasteiger partial charge in [0.25, 0.3) is 0 Å². The van der Waals surface area contributed by atoms with E-state index in [-0.39, 0.29) is 0 Å². The molecule has 0 spiro atoms. The topological polar surface area (TPSA) is 3.24 Å². The van der Waals surface area contributed by atoms with E-state index in [4.69, 9.17) is 6.42 Å². The summed E-state index contributed by atoms with van der Waals surface area (Å²) in [4.78, 5) is 2.20. The molecule has 0 aromatic heterocycles. The summed E-state index contributed by atoms with van der Waals surface area (Å²) in [5.41, 5.74) is 2.78. The summed E-state index contributed by atoms with van der Waals surface area (Å²) in [7, 11) is 2.07. The van der Waals surface area contributed by atoms with Gasteiger partial charge in [-0.25, -0.2) is 0 Å². The Bertz CT molecular complexity index is 345. The molecule has 1 atom stereocenters. The zero-order valence-electron chi connectivity index (χ0n) is 10.5. The Balaban J connectivity index is 2.56. The van der Waals surface area contributed by atoms with Gasteiger partial charge in [0, 0.05) is 6.04 Å². The molecule has 86 valence electrons. The molecule has 1 aromatic rings. The first kappa shape index (κ1) is 12.8. The van der Waals surface area contributed by atoms with Crippen LogP contribution >= 0.6 is 0 Å². The van der Waals surface area contributed by atoms with Crippen LogP contribution in [0.25, 0.3) is 0 Å². The monoisotopic (exact) mass is 215 g/mol. The van der Waals surface area contributed by atoms with Crippen LogP contribution in [0.4, 0.5) is 0 Å². The van der Waals surface area contributed by atoms with Gasteiger partial charge in [-0.1, -0.05) is 37.1 Å². The Labute approximate surface area is 99.5 Å². The molecular formula is C15H21N. The number of aryl methyl sites for hydroxylation is 1. The minimum absolute atomic E-state index is 0.489. The first-order valence-corrected chi connectivity index (χ1v) is 5.89. The number of hydrogen-bond acceptors (Lipinski definition) is 1. The first-order valence-electron chi connectivity index (χ1n) is 5.89. The van der Waals surface area contributed by atoms with E-state index >= 15 is 0 Å². The van der Waals surface area contributed by atoms with Crippen LogP contribution in [0, 0.1) is 12.3 Å². The lowest BCUT2D eigenvalue weighted by molar-refractivity contribution is 0.287. The summed E-state index contributed by atoms with van der Waals surface area (Å²) in [6, 6.07) is 9.36. The summed E-state index contributed by atoms with van der Waals surface area (Å²) in [6.45, 7) is 5.11. The fourth-order valence-electron chi connectivity index (χ4n) is 1.71. The van der Waals surface area contributed by atoms with Crippen LogP contribution in [-0.2, 0) is 12.8 Å². The van der Waals surface area contributed by atoms with Crippen LogP contribution in [0.2, 0.25) is 0 Å². The van der Waals surface area contributed by atoms with Crippen LogP contribution in [0.5, 0.6) is 0 Å². The molecule has 0 fully saturated rings. The van der Waals surface area contributed by atoms with E-state index in [2.05, 4.69) is 56.0 Å². The SMILES string of the molecule is C#CCN(C)[C@H](C)Cc1ccc(CC)cc1. The second-order valence-electron chi connectivity index (χ2n) is 4.34. The molecule has 1 heteroatoms. The van der Waals surface area contributed by atoms with Gasteiger partial charge in [-0.15, -0.1) is 6.42 Å². The molecule has 0 saturated carbocycles. The minimum atomic E-state index is 0.489. The van der Waals surface area contributed by atoms with E-state index < -0.39 is 0 Å². The van der Waals surface area contributed by atoms with Gasteiger partial charge in [-0.05, 0) is 37.9 Å². The van der Waals surface area contributed by atoms with E-state index in [1.807, 2.05) is 0 Å². The van der Waals surface area contributed by atoms with Gasteiger partial charge in [-0.3, -0.25) is 4.90 Å². The summed E-state index contributed by atoms with van der Waals surface area (Å²) in [6.07, 6.45) is 7.47. The number of nitrogens with zero attached hydrogens (tertiary/aromatic N) is 1. The third-order valence-corrected chi connectivity index (χ3v) is 3.06. The highest BCUT2D eigenvalue weighted by atomic mass is 15.1. The van der Waals surface area contributed by atoms with Crippen molar-refractivity contribution in [1.29, 1.82) is 0 Å². The lowest BCUT2D eigenvalue weighted by Crippen LogP contribution is -2.31. The van der Waals surface area contributed by atoms with Gasteiger partial charge in [0.15, 0.2) is 0 Å². The lowest BCUT2D eigenvalue weighted by atomic mass is 10.0. The zero-order chi connectivity index (χ0) is 12.0. The lowest BCUT2D eigenvalue weighted by Gasteiger charge is -2.22. The van der Waals surface area contributed by atoms with Crippen LogP contribution in [0.3, 0.4) is 0 Å². The first-order chi connectivity index (χ1) is 7.67. The van der Waals surface area contributed by atoms with E-state index in [0.29, 0.717) is 12.6 Å². The fraction of sp³-hybridized carbons (Fsp3) is 0.467. The van der Waals surface area contributed by atoms with Crippen LogP contribution in [0.15, 0.2) is 24.3 Å². The predicted octanol–water partition coefficient (Wildman–Crippen LogP) is 2.75. The molecule has 0 aliphatic heterocycles. The van der Waals surface area contributed by atoms with Crippen LogP contribution < -0.4 is 0 Å². The number of likely N-dealkylation sites (N-methyl/N-ethyl adjacent to an activating group) is 1. The third kappa shape index (κ3) is 3.72. The molecule has 1 rings (SSSR count). The maximum atomic E-state index is 5.31. The molecule has 0 unspecified atom stereocenters. The molecule has 0 amide bonds. The van der Waals surface area contributed by atoms with Crippen molar-refractivity contribution >= 4 is 0 Å². The highest BCUT2D eigenvalue weighted by molar-refractivity contribution is 5.23. The van der Waals surface area contributed by atoms with Gasteiger partial charge in [-0.2, -0.15) is 0 Å². The highest BCUT2D eigenvalue weighted by Gasteiger charge is 2.08. The van der Waals surface area contributed by atoms with Gasteiger partial charge < -0.3 is 0 Å². The average Bonchev–Trinajstić information content (AvgIpc) is 2.30. The third-order valence-electron chi connectivity index (χ3n) is 3.06. The molecule has 0 aliphatic carbocycles. The Hall–Kier alpha value is -1.26. The zero-order valence-corrected chi connectivity index (χ0v) is 10.5. The van der Waals surface area contributed by atoms with E-state index in [0.717, 1.165) is 12.8 Å². The molecule has 0 saturated heterocycles. The van der Waals surface area contributed by atoms with E-state index in [9.17, 15) is 0 Å². The van der Waals surface area contributed by atoms with Gasteiger partial charge in [0.1, 0.15) is 0 Å². The van der Waals surface area contributed by atoms with Crippen molar-refractivity contribution in [3.05, 3.63) is 35.4 Å². The van der Waals surface area contributed by atoms with Crippen molar-refractivity contribution < 1.29 is 0 Å². The van der Waals surface area contributed by atoms with Crippen LogP contribution in [-0.4, -0.2) is 24.5 Å². The Kier molecular flexibility index (Phi) is 5.08. The van der Waals surface area contributed by atoms with Crippen molar-refractivity contribution in [1.82, 2.24) is 4.90 Å². The van der Waals surface area contributed by atoms with Crippen molar-refractivity contribution in [2.75, 3.05) is 13.6 Å². The Morgan fingerprint density at radius 2 is 1.81 bits per heavy atom. The van der Waals surface area contributed by atoms with E-state index in [1.165, 1.54) is 11.1 Å². The largest absolute Gasteiger partial charge is 0.292 e. The average molecular weight is 215 g/mol. The molecular weight excluding hydrogens is 194 g/mol. The molecule has 0 heterocycles. The quantitative estimate of drug-likeness (QED) is 0.683. The van der Waals surface area contributed by atoms with Gasteiger partial charge >= 0.3 is 0 Å². The normalized spacial score (nSPS) is 12.4. The second-order valence-corrected chi connectivity index (χ2v) is 4.34. The van der Waals surface area contributed by atoms with Gasteiger partial charge in [0.05, 0.1) is 6.54 Å². The second kappa shape index (κ2) is 6.35. The Morgan fingerprint density at radius 3 is 2.31 bits per heavy atom. The summed E-state index contributed by atoms with van der Waals surface area (Å²) in [5.74, 6) is 2.68. The van der Waals surface area contributed by atoms with E-state index in [1.54, 1.807) is 0 Å². The molecule has 0 bridgehead atoms. The highest BCUT2D eigenvalue weighted by Crippen LogP contribution is 2.09. The summed E-state index contributed by atoms with van der Waals surface area (Å²) >= 11 is 0. The van der Waals surface area contributed by atoms with Crippen LogP contribution in [0.1, 0.15) is 25.0 Å². The summed E-state index contributed by atoms with van der Waals surface area (Å²) < 4.78 is 0. The van der Waals surface area contributed by atoms with Gasteiger partial charge in [0.2, 0.25) is 0 Å². The number of benzene rings is 1. The molecule has 1 aromatic carbocycles. The molecule has 1 nitrogen and oxygen atoms in total. The number of terminal acetylenes is 1. The maximum Gasteiger partial charge on any atom is 0.0598 e. The summed E-state index contributed by atoms with van der Waals surface area (Å²) in [5, 5.41) is 0. The Morgan fingerprint density at radius 1 is 1.25 bits per heavy atom. The maximum absolute atomic E-state index is 5.31. The number of hydrogen-bond donors (Lipinski definition) is 0. The van der Waals surface area contributed by atoms with Crippen molar-refractivity contribution in [2.24, 2.45) is 0 Å². The fourth-order valence-corrected chi connectivity index (χ4v) is 1.71. The molecule has 0 aliphatic rings. The molecule has 16 heavy (non-hydrogen) atoms. The standard InChI is InChI=1S/C15H21N/c1-5-11-16(4)13(3)12-15-9-7-14(6-2)8-10-15/h1,7-10,13H,6,11-12H2,2-4H3/t13-/m1/s1. The smallest absolute Gasteiger partial charge is 0.0598 e. The minimum Gasteiger partial charge on any atom is -0.292 e. The van der Waals surface area contributed by atoms with Crippen molar-refractivity contribution in [3.63, 3.8) is 0 Å². The predicted molar refractivity (Wildman–Crippen MR) is 70.4 cm³/mol. The molecule has 0 N–H and O–H groups in total.